The van der Waals surface area contributed by atoms with E-state index < -0.39 is 4.92 Å². The molecule has 0 aliphatic carbocycles. The molecule has 45 heavy (non-hydrogen) atoms. The van der Waals surface area contributed by atoms with Crippen LogP contribution in [0.4, 0.5) is 11.4 Å². The highest BCUT2D eigenvalue weighted by molar-refractivity contribution is 6.36. The highest BCUT2D eigenvalue weighted by atomic mass is 35.5. The summed E-state index contributed by atoms with van der Waals surface area (Å²) in [5.74, 6) is 0.385. The average Bonchev–Trinajstić information content (AvgIpc) is 3.58. The van der Waals surface area contributed by atoms with E-state index >= 15 is 0 Å². The van der Waals surface area contributed by atoms with Gasteiger partial charge in [-0.1, -0.05) is 75.7 Å². The third kappa shape index (κ3) is 9.75. The molecule has 1 N–H and O–H groups in total. The van der Waals surface area contributed by atoms with Gasteiger partial charge in [0.25, 0.3) is 0 Å². The van der Waals surface area contributed by atoms with Crippen LogP contribution < -0.4 is 14.4 Å². The summed E-state index contributed by atoms with van der Waals surface area (Å²) in [6.45, 7) is 11.8. The van der Waals surface area contributed by atoms with Gasteiger partial charge in [-0.05, 0) is 63.0 Å². The summed E-state index contributed by atoms with van der Waals surface area (Å²) in [7, 11) is 4.65. The maximum atomic E-state index is 11.4. The standard InChI is InChI=1S/C24H19ClN4O4.C5H11N.2C2H6.CH4O/c1-32-24-26-18-14-28(20-10-5-7-15-6-4-8-17(25)22(15)20)13-12-16(18)23(27-24)33-21-11-3-2-9-19(21)29(30)31;1-6-4-2-3-5-6;3*1-2/h2-11H,12-14H2,1H3;2-5H2,1H3;2*1-2H3;2H,1H3. The molecule has 2 aliphatic rings. The number of ether oxygens (including phenoxy) is 2. The van der Waals surface area contributed by atoms with Gasteiger partial charge in [0.1, 0.15) is 0 Å². The molecule has 0 atom stereocenters. The molecule has 10 nitrogen and oxygen atoms in total. The van der Waals surface area contributed by atoms with Crippen LogP contribution in [-0.2, 0) is 13.0 Å². The molecule has 2 aliphatic heterocycles. The predicted octanol–water partition coefficient (Wildman–Crippen LogP) is 7.93. The number of methoxy groups -OCH3 is 1. The van der Waals surface area contributed by atoms with Gasteiger partial charge < -0.3 is 24.4 Å². The number of fused-ring (bicyclic) bond motifs is 2. The first-order valence-electron chi connectivity index (χ1n) is 15.3. The Labute approximate surface area is 271 Å². The van der Waals surface area contributed by atoms with Gasteiger partial charge in [-0.25, -0.2) is 0 Å². The topological polar surface area (TPSA) is 114 Å². The van der Waals surface area contributed by atoms with Gasteiger partial charge in [0.2, 0.25) is 11.6 Å². The Bertz CT molecular complexity index is 1490. The number of aliphatic hydroxyl groups excluding tert-OH is 1. The first-order chi connectivity index (χ1) is 21.9. The van der Waals surface area contributed by atoms with E-state index in [4.69, 9.17) is 26.2 Å². The van der Waals surface area contributed by atoms with Crippen molar-refractivity contribution in [1.82, 2.24) is 14.9 Å². The fourth-order valence-corrected chi connectivity index (χ4v) is 5.25. The fourth-order valence-electron chi connectivity index (χ4n) is 4.97. The molecular formula is C34H46ClN5O5. The number of hydrogen-bond acceptors (Lipinski definition) is 9. The number of para-hydroxylation sites is 2. The van der Waals surface area contributed by atoms with Gasteiger partial charge in [0.15, 0.2) is 0 Å². The molecule has 3 heterocycles. The molecule has 11 heteroatoms. The van der Waals surface area contributed by atoms with Crippen LogP contribution in [0.5, 0.6) is 17.6 Å². The average molecular weight is 640 g/mol. The smallest absolute Gasteiger partial charge is 0.319 e. The summed E-state index contributed by atoms with van der Waals surface area (Å²) in [4.78, 5) is 24.4. The van der Waals surface area contributed by atoms with Crippen molar-refractivity contribution in [3.63, 3.8) is 0 Å². The van der Waals surface area contributed by atoms with Crippen LogP contribution in [0.15, 0.2) is 60.7 Å². The number of anilines is 1. The van der Waals surface area contributed by atoms with Crippen molar-refractivity contribution in [3.8, 4) is 17.6 Å². The van der Waals surface area contributed by atoms with Crippen molar-refractivity contribution in [1.29, 1.82) is 0 Å². The van der Waals surface area contributed by atoms with Crippen LogP contribution in [0.25, 0.3) is 10.8 Å². The molecule has 0 radical (unpaired) electrons. The van der Waals surface area contributed by atoms with E-state index in [-0.39, 0.29) is 23.3 Å². The van der Waals surface area contributed by atoms with Crippen LogP contribution in [0.2, 0.25) is 5.02 Å². The van der Waals surface area contributed by atoms with E-state index in [1.54, 1.807) is 18.2 Å². The molecule has 3 aromatic carbocycles. The Kier molecular flexibility index (Phi) is 16.0. The van der Waals surface area contributed by atoms with Crippen molar-refractivity contribution < 1.29 is 19.5 Å². The number of likely N-dealkylation sites (tertiary alicyclic amines) is 1. The molecule has 4 aromatic rings. The van der Waals surface area contributed by atoms with E-state index in [1.807, 2.05) is 64.1 Å². The molecule has 1 fully saturated rings. The zero-order valence-electron chi connectivity index (χ0n) is 27.4. The third-order valence-electron chi connectivity index (χ3n) is 6.96. The van der Waals surface area contributed by atoms with Crippen molar-refractivity contribution >= 4 is 33.7 Å². The van der Waals surface area contributed by atoms with Gasteiger partial charge in [0, 0.05) is 36.4 Å². The minimum atomic E-state index is -0.480. The van der Waals surface area contributed by atoms with Crippen LogP contribution >= 0.6 is 11.6 Å². The maximum absolute atomic E-state index is 11.4. The molecule has 0 bridgehead atoms. The van der Waals surface area contributed by atoms with Crippen LogP contribution in [0.1, 0.15) is 51.8 Å². The molecule has 0 spiro atoms. The largest absolute Gasteiger partial charge is 0.467 e. The molecule has 1 saturated heterocycles. The Morgan fingerprint density at radius 2 is 1.56 bits per heavy atom. The minimum Gasteiger partial charge on any atom is -0.467 e. The number of benzene rings is 3. The van der Waals surface area contributed by atoms with E-state index in [0.717, 1.165) is 34.8 Å². The van der Waals surface area contributed by atoms with E-state index in [1.165, 1.54) is 39.1 Å². The lowest BCUT2D eigenvalue weighted by atomic mass is 10.0. The number of nitrogens with zero attached hydrogens (tertiary/aromatic N) is 5. The highest BCUT2D eigenvalue weighted by Gasteiger charge is 2.27. The van der Waals surface area contributed by atoms with Gasteiger partial charge >= 0.3 is 11.7 Å². The Balaban J connectivity index is 0.000000507. The molecule has 6 rings (SSSR count). The first-order valence-corrected chi connectivity index (χ1v) is 15.7. The minimum absolute atomic E-state index is 0.119. The van der Waals surface area contributed by atoms with Crippen molar-refractivity contribution in [2.45, 2.75) is 53.5 Å². The van der Waals surface area contributed by atoms with Crippen molar-refractivity contribution in [2.24, 2.45) is 0 Å². The Morgan fingerprint density at radius 1 is 0.911 bits per heavy atom. The lowest BCUT2D eigenvalue weighted by Gasteiger charge is -2.31. The van der Waals surface area contributed by atoms with Gasteiger partial charge in [-0.15, -0.1) is 0 Å². The number of aliphatic hydroxyl groups is 1. The highest BCUT2D eigenvalue weighted by Crippen LogP contribution is 2.38. The number of nitro benzene ring substituents is 1. The second kappa shape index (κ2) is 19.4. The zero-order chi connectivity index (χ0) is 33.4. The predicted molar refractivity (Wildman–Crippen MR) is 183 cm³/mol. The van der Waals surface area contributed by atoms with E-state index in [9.17, 15) is 10.1 Å². The Hall–Kier alpha value is -3.99. The van der Waals surface area contributed by atoms with Crippen LogP contribution in [0, 0.1) is 10.1 Å². The summed E-state index contributed by atoms with van der Waals surface area (Å²) < 4.78 is 11.2. The molecule has 0 unspecified atom stereocenters. The summed E-state index contributed by atoms with van der Waals surface area (Å²) in [5, 5.41) is 21.1. The zero-order valence-corrected chi connectivity index (χ0v) is 28.2. The SMILES string of the molecule is CC.CC.CN1CCCC1.CO.COc1nc2c(c(Oc3ccccc3[N+](=O)[O-])n1)CCN(c1cccc3cccc(Cl)c13)C2. The number of halogens is 1. The molecule has 1 aromatic heterocycles. The molecular weight excluding hydrogens is 594 g/mol. The van der Waals surface area contributed by atoms with Gasteiger partial charge in [-0.2, -0.15) is 9.97 Å². The molecule has 244 valence electrons. The second-order valence-electron chi connectivity index (χ2n) is 9.56. The van der Waals surface area contributed by atoms with Gasteiger partial charge in [-0.3, -0.25) is 10.1 Å². The first kappa shape index (κ1) is 37.2. The number of aromatic nitrogens is 2. The summed E-state index contributed by atoms with van der Waals surface area (Å²) in [6, 6.07) is 18.3. The number of rotatable bonds is 5. The molecule has 0 saturated carbocycles. The monoisotopic (exact) mass is 639 g/mol. The summed E-state index contributed by atoms with van der Waals surface area (Å²) in [5.41, 5.74) is 2.43. The Morgan fingerprint density at radius 3 is 2.16 bits per heavy atom. The second-order valence-corrected chi connectivity index (χ2v) is 9.97. The summed E-state index contributed by atoms with van der Waals surface area (Å²) in [6.07, 6.45) is 3.42. The van der Waals surface area contributed by atoms with Crippen LogP contribution in [-0.4, -0.2) is 65.8 Å². The van der Waals surface area contributed by atoms with Crippen LogP contribution in [0.3, 0.4) is 0 Å². The number of hydrogen-bond donors (Lipinski definition) is 1. The fraction of sp³-hybridized carbons (Fsp3) is 0.412. The normalized spacial score (nSPS) is 13.3. The lowest BCUT2D eigenvalue weighted by Crippen LogP contribution is -2.32. The summed E-state index contributed by atoms with van der Waals surface area (Å²) >= 11 is 6.54. The van der Waals surface area contributed by atoms with E-state index in [2.05, 4.69) is 26.8 Å². The molecule has 0 amide bonds. The lowest BCUT2D eigenvalue weighted by molar-refractivity contribution is -0.385. The maximum Gasteiger partial charge on any atom is 0.319 e. The van der Waals surface area contributed by atoms with E-state index in [0.29, 0.717) is 24.5 Å². The van der Waals surface area contributed by atoms with Crippen molar-refractivity contribution in [3.05, 3.63) is 87.1 Å². The number of nitro groups is 1. The van der Waals surface area contributed by atoms with Gasteiger partial charge in [0.05, 0.1) is 29.3 Å². The third-order valence-corrected chi connectivity index (χ3v) is 7.27. The van der Waals surface area contributed by atoms with Crippen molar-refractivity contribution in [2.75, 3.05) is 45.8 Å². The quantitative estimate of drug-likeness (QED) is 0.172.